The first-order valence-corrected chi connectivity index (χ1v) is 4.80. The number of rotatable bonds is 5. The molecule has 0 spiro atoms. The van der Waals surface area contributed by atoms with Gasteiger partial charge >= 0.3 is 5.97 Å². The number of esters is 1. The summed E-state index contributed by atoms with van der Waals surface area (Å²) < 4.78 is 4.64. The van der Waals surface area contributed by atoms with Crippen molar-refractivity contribution in [2.24, 2.45) is 11.8 Å². The summed E-state index contributed by atoms with van der Waals surface area (Å²) in [7, 11) is 1.33. The smallest absolute Gasteiger partial charge is 0.311 e. The topological polar surface area (TPSA) is 46.5 Å². The number of allylic oxidation sites excluding steroid dienone is 1. The van der Waals surface area contributed by atoms with Crippen LogP contribution >= 0.6 is 0 Å². The SMILES string of the molecule is C=C(C)C[C@@H](C(=O)OC)[C@H](O)C(C)C. The molecule has 0 aliphatic rings. The molecule has 82 valence electrons. The molecule has 1 N–H and O–H groups in total. The van der Waals surface area contributed by atoms with Crippen molar-refractivity contribution in [2.45, 2.75) is 33.3 Å². The number of carbonyl (C=O) groups is 1. The van der Waals surface area contributed by atoms with Crippen LogP contribution in [0.1, 0.15) is 27.2 Å². The third-order valence-corrected chi connectivity index (χ3v) is 2.17. The number of ether oxygens (including phenoxy) is 1. The summed E-state index contributed by atoms with van der Waals surface area (Å²) in [6.07, 6.45) is -0.189. The molecular formula is C11H20O3. The van der Waals surface area contributed by atoms with E-state index in [-0.39, 0.29) is 11.9 Å². The molecule has 0 fully saturated rings. The second-order valence-corrected chi connectivity index (χ2v) is 4.03. The van der Waals surface area contributed by atoms with Crippen LogP contribution in [0, 0.1) is 11.8 Å². The number of methoxy groups -OCH3 is 1. The minimum Gasteiger partial charge on any atom is -0.469 e. The van der Waals surface area contributed by atoms with Gasteiger partial charge in [0.25, 0.3) is 0 Å². The summed E-state index contributed by atoms with van der Waals surface area (Å²) >= 11 is 0. The van der Waals surface area contributed by atoms with Crippen LogP contribution in [0.4, 0.5) is 0 Å². The molecule has 0 aromatic heterocycles. The van der Waals surface area contributed by atoms with Gasteiger partial charge in [-0.05, 0) is 19.3 Å². The van der Waals surface area contributed by atoms with E-state index in [4.69, 9.17) is 0 Å². The fourth-order valence-electron chi connectivity index (χ4n) is 1.33. The average molecular weight is 200 g/mol. The van der Waals surface area contributed by atoms with E-state index in [1.807, 2.05) is 20.8 Å². The largest absolute Gasteiger partial charge is 0.469 e. The zero-order valence-corrected chi connectivity index (χ0v) is 9.41. The molecular weight excluding hydrogens is 180 g/mol. The standard InChI is InChI=1S/C11H20O3/c1-7(2)6-9(11(13)14-5)10(12)8(3)4/h8-10,12H,1,6H2,2-5H3/t9-,10-/m1/s1. The first-order chi connectivity index (χ1) is 6.40. The van der Waals surface area contributed by atoms with Crippen molar-refractivity contribution in [1.82, 2.24) is 0 Å². The van der Waals surface area contributed by atoms with E-state index in [1.165, 1.54) is 7.11 Å². The fourth-order valence-corrected chi connectivity index (χ4v) is 1.33. The summed E-state index contributed by atoms with van der Waals surface area (Å²) in [6.45, 7) is 9.32. The maximum Gasteiger partial charge on any atom is 0.311 e. The first-order valence-electron chi connectivity index (χ1n) is 4.80. The van der Waals surface area contributed by atoms with E-state index in [9.17, 15) is 9.90 Å². The Morgan fingerprint density at radius 2 is 2.00 bits per heavy atom. The Morgan fingerprint density at radius 1 is 1.50 bits per heavy atom. The van der Waals surface area contributed by atoms with Gasteiger partial charge in [0, 0.05) is 0 Å². The summed E-state index contributed by atoms with van der Waals surface area (Å²) in [5.74, 6) is -0.815. The molecule has 0 amide bonds. The highest BCUT2D eigenvalue weighted by Gasteiger charge is 2.29. The van der Waals surface area contributed by atoms with Crippen molar-refractivity contribution in [1.29, 1.82) is 0 Å². The normalized spacial score (nSPS) is 15.0. The second kappa shape index (κ2) is 5.81. The van der Waals surface area contributed by atoms with Crippen LogP contribution in [0.5, 0.6) is 0 Å². The molecule has 0 unspecified atom stereocenters. The molecule has 2 atom stereocenters. The number of hydrogen-bond acceptors (Lipinski definition) is 3. The van der Waals surface area contributed by atoms with Crippen molar-refractivity contribution in [3.05, 3.63) is 12.2 Å². The summed E-state index contributed by atoms with van der Waals surface area (Å²) in [5, 5.41) is 9.79. The molecule has 0 aliphatic carbocycles. The molecule has 0 saturated heterocycles. The van der Waals surface area contributed by atoms with Crippen molar-refractivity contribution < 1.29 is 14.6 Å². The Morgan fingerprint density at radius 3 is 2.29 bits per heavy atom. The number of aliphatic hydroxyl groups is 1. The second-order valence-electron chi connectivity index (χ2n) is 4.03. The molecule has 14 heavy (non-hydrogen) atoms. The molecule has 3 heteroatoms. The number of hydrogen-bond donors (Lipinski definition) is 1. The molecule has 0 radical (unpaired) electrons. The van der Waals surface area contributed by atoms with Gasteiger partial charge in [0.05, 0.1) is 19.1 Å². The van der Waals surface area contributed by atoms with Gasteiger partial charge in [0.2, 0.25) is 0 Å². The Bertz CT molecular complexity index is 209. The third-order valence-electron chi connectivity index (χ3n) is 2.17. The van der Waals surface area contributed by atoms with E-state index < -0.39 is 12.0 Å². The van der Waals surface area contributed by atoms with Gasteiger partial charge in [0.1, 0.15) is 0 Å². The van der Waals surface area contributed by atoms with Gasteiger partial charge in [-0.3, -0.25) is 4.79 Å². The van der Waals surface area contributed by atoms with E-state index in [0.29, 0.717) is 6.42 Å². The van der Waals surface area contributed by atoms with Gasteiger partial charge in [-0.1, -0.05) is 19.4 Å². The van der Waals surface area contributed by atoms with E-state index >= 15 is 0 Å². The van der Waals surface area contributed by atoms with Crippen molar-refractivity contribution in [2.75, 3.05) is 7.11 Å². The highest BCUT2D eigenvalue weighted by molar-refractivity contribution is 5.73. The Hall–Kier alpha value is -0.830. The van der Waals surface area contributed by atoms with Crippen LogP contribution in [0.3, 0.4) is 0 Å². The van der Waals surface area contributed by atoms with Crippen LogP contribution in [0.2, 0.25) is 0 Å². The Balaban J connectivity index is 4.54. The maximum atomic E-state index is 11.4. The maximum absolute atomic E-state index is 11.4. The average Bonchev–Trinajstić information content (AvgIpc) is 2.11. The number of carbonyl (C=O) groups excluding carboxylic acids is 1. The fraction of sp³-hybridized carbons (Fsp3) is 0.727. The van der Waals surface area contributed by atoms with Gasteiger partial charge in [-0.25, -0.2) is 0 Å². The Labute approximate surface area is 85.8 Å². The summed E-state index contributed by atoms with van der Waals surface area (Å²) in [4.78, 5) is 11.4. The predicted octanol–water partition coefficient (Wildman–Crippen LogP) is 1.76. The first kappa shape index (κ1) is 13.2. The molecule has 3 nitrogen and oxygen atoms in total. The van der Waals surface area contributed by atoms with Crippen LogP contribution in [-0.4, -0.2) is 24.3 Å². The van der Waals surface area contributed by atoms with Crippen molar-refractivity contribution >= 4 is 5.97 Å². The molecule has 0 heterocycles. The monoisotopic (exact) mass is 200 g/mol. The third kappa shape index (κ3) is 3.92. The molecule has 0 saturated carbocycles. The molecule has 0 bridgehead atoms. The summed E-state index contributed by atoms with van der Waals surface area (Å²) in [6, 6.07) is 0. The quantitative estimate of drug-likeness (QED) is 0.543. The van der Waals surface area contributed by atoms with Crippen LogP contribution in [0.25, 0.3) is 0 Å². The van der Waals surface area contributed by atoms with E-state index in [0.717, 1.165) is 5.57 Å². The zero-order chi connectivity index (χ0) is 11.3. The number of aliphatic hydroxyl groups excluding tert-OH is 1. The highest BCUT2D eigenvalue weighted by Crippen LogP contribution is 2.21. The highest BCUT2D eigenvalue weighted by atomic mass is 16.5. The molecule has 0 rings (SSSR count). The zero-order valence-electron chi connectivity index (χ0n) is 9.41. The van der Waals surface area contributed by atoms with E-state index in [2.05, 4.69) is 11.3 Å². The van der Waals surface area contributed by atoms with Gasteiger partial charge in [-0.2, -0.15) is 0 Å². The van der Waals surface area contributed by atoms with Gasteiger partial charge in [-0.15, -0.1) is 6.58 Å². The lowest BCUT2D eigenvalue weighted by Gasteiger charge is -2.23. The lowest BCUT2D eigenvalue weighted by molar-refractivity contribution is -0.150. The lowest BCUT2D eigenvalue weighted by Crippen LogP contribution is -2.33. The Kier molecular flexibility index (Phi) is 5.46. The summed E-state index contributed by atoms with van der Waals surface area (Å²) in [5.41, 5.74) is 0.875. The van der Waals surface area contributed by atoms with Crippen LogP contribution < -0.4 is 0 Å². The molecule has 0 aromatic carbocycles. The molecule has 0 aromatic rings. The van der Waals surface area contributed by atoms with E-state index in [1.54, 1.807) is 0 Å². The van der Waals surface area contributed by atoms with Crippen molar-refractivity contribution in [3.63, 3.8) is 0 Å². The molecule has 0 aliphatic heterocycles. The van der Waals surface area contributed by atoms with Crippen LogP contribution in [0.15, 0.2) is 12.2 Å². The minimum atomic E-state index is -0.667. The van der Waals surface area contributed by atoms with Crippen molar-refractivity contribution in [3.8, 4) is 0 Å². The predicted molar refractivity (Wildman–Crippen MR) is 55.8 cm³/mol. The van der Waals surface area contributed by atoms with Gasteiger partial charge in [0.15, 0.2) is 0 Å². The lowest BCUT2D eigenvalue weighted by atomic mass is 9.88. The van der Waals surface area contributed by atoms with Gasteiger partial charge < -0.3 is 9.84 Å². The minimum absolute atomic E-state index is 0.0402. The van der Waals surface area contributed by atoms with Crippen LogP contribution in [-0.2, 0) is 9.53 Å².